The van der Waals surface area contributed by atoms with Crippen LogP contribution in [0.1, 0.15) is 0 Å². The second kappa shape index (κ2) is 7.44. The topological polar surface area (TPSA) is 74.2 Å². The van der Waals surface area contributed by atoms with Gasteiger partial charge < -0.3 is 4.90 Å². The molecular formula is C22H19N5O. The predicted octanol–water partition coefficient (Wildman–Crippen LogP) is 3.87. The van der Waals surface area contributed by atoms with E-state index in [-0.39, 0.29) is 11.5 Å². The lowest BCUT2D eigenvalue weighted by molar-refractivity contribution is 0.642. The number of hydrogen-bond donors (Lipinski definition) is 1. The molecule has 0 aliphatic heterocycles. The molecule has 4 rings (SSSR count). The molecule has 0 saturated carbocycles. The van der Waals surface area contributed by atoms with Gasteiger partial charge in [0.05, 0.1) is 17.5 Å². The van der Waals surface area contributed by atoms with Crippen LogP contribution in [0.4, 0.5) is 5.95 Å². The van der Waals surface area contributed by atoms with Gasteiger partial charge in [-0.15, -0.1) is 0 Å². The minimum Gasteiger partial charge on any atom is -0.369 e. The summed E-state index contributed by atoms with van der Waals surface area (Å²) in [6.07, 6.45) is 1.59. The predicted molar refractivity (Wildman–Crippen MR) is 113 cm³/mol. The molecule has 6 nitrogen and oxygen atoms in total. The number of pyridine rings is 1. The third-order valence-corrected chi connectivity index (χ3v) is 4.21. The van der Waals surface area contributed by atoms with E-state index in [4.69, 9.17) is 0 Å². The summed E-state index contributed by atoms with van der Waals surface area (Å²) in [7, 11) is 3.70. The number of H-pyrrole nitrogens is 1. The Labute approximate surface area is 162 Å². The van der Waals surface area contributed by atoms with Gasteiger partial charge in [0.1, 0.15) is 0 Å². The molecule has 0 aliphatic carbocycles. The zero-order valence-electron chi connectivity index (χ0n) is 15.6. The standard InChI is InChI=1S/C22H19N5O/c1-27(2)14-23-22-24-18-13-17(15-9-5-3-6-10-15)19(16-11-7-4-8-12-16)25-20(18)21(28)26-22/h3-14H,1-2H3,(H,24,26,28)/b23-14+. The van der Waals surface area contributed by atoms with Crippen molar-refractivity contribution in [3.63, 3.8) is 0 Å². The molecule has 0 saturated heterocycles. The summed E-state index contributed by atoms with van der Waals surface area (Å²) in [5.41, 5.74) is 4.10. The molecule has 4 aromatic rings. The van der Waals surface area contributed by atoms with Gasteiger partial charge in [-0.3, -0.25) is 9.78 Å². The first-order chi connectivity index (χ1) is 13.6. The Balaban J connectivity index is 1.99. The lowest BCUT2D eigenvalue weighted by atomic mass is 9.99. The summed E-state index contributed by atoms with van der Waals surface area (Å²) in [6.45, 7) is 0. The third kappa shape index (κ3) is 3.53. The number of fused-ring (bicyclic) bond motifs is 1. The molecule has 0 aliphatic rings. The van der Waals surface area contributed by atoms with E-state index in [0.717, 1.165) is 22.4 Å². The molecular weight excluding hydrogens is 350 g/mol. The molecule has 2 aromatic carbocycles. The molecule has 2 aromatic heterocycles. The van der Waals surface area contributed by atoms with Gasteiger partial charge in [-0.1, -0.05) is 60.7 Å². The summed E-state index contributed by atoms with van der Waals surface area (Å²) in [6, 6.07) is 21.7. The van der Waals surface area contributed by atoms with Gasteiger partial charge in [-0.25, -0.2) is 15.0 Å². The fourth-order valence-electron chi connectivity index (χ4n) is 2.94. The molecule has 0 atom stereocenters. The number of aromatic amines is 1. The highest BCUT2D eigenvalue weighted by Gasteiger charge is 2.14. The van der Waals surface area contributed by atoms with E-state index in [1.54, 1.807) is 11.2 Å². The number of hydrogen-bond acceptors (Lipinski definition) is 4. The Hall–Kier alpha value is -3.80. The van der Waals surface area contributed by atoms with E-state index < -0.39 is 0 Å². The van der Waals surface area contributed by atoms with Crippen molar-refractivity contribution in [1.29, 1.82) is 0 Å². The lowest BCUT2D eigenvalue weighted by Crippen LogP contribution is -2.11. The molecule has 0 fully saturated rings. The highest BCUT2D eigenvalue weighted by molar-refractivity contribution is 5.89. The molecule has 0 unspecified atom stereocenters. The van der Waals surface area contributed by atoms with Crippen LogP contribution >= 0.6 is 0 Å². The molecule has 28 heavy (non-hydrogen) atoms. The van der Waals surface area contributed by atoms with Crippen molar-refractivity contribution >= 4 is 23.3 Å². The van der Waals surface area contributed by atoms with E-state index in [0.29, 0.717) is 11.0 Å². The average Bonchev–Trinajstić information content (AvgIpc) is 2.73. The Bertz CT molecular complexity index is 1200. The largest absolute Gasteiger partial charge is 0.369 e. The Morgan fingerprint density at radius 3 is 2.21 bits per heavy atom. The van der Waals surface area contributed by atoms with Crippen LogP contribution in [0.25, 0.3) is 33.4 Å². The normalized spacial score (nSPS) is 11.2. The van der Waals surface area contributed by atoms with Crippen LogP contribution in [0.3, 0.4) is 0 Å². The SMILES string of the molecule is CN(C)/C=N/c1nc2cc(-c3ccccc3)c(-c3ccccc3)nc2c(=O)[nH]1. The molecule has 6 heteroatoms. The molecule has 0 spiro atoms. The summed E-state index contributed by atoms with van der Waals surface area (Å²) in [5.74, 6) is 0.250. The van der Waals surface area contributed by atoms with Crippen molar-refractivity contribution in [2.75, 3.05) is 14.1 Å². The monoisotopic (exact) mass is 369 g/mol. The zero-order chi connectivity index (χ0) is 19.5. The van der Waals surface area contributed by atoms with Gasteiger partial charge in [-0.05, 0) is 11.6 Å². The zero-order valence-corrected chi connectivity index (χ0v) is 15.6. The highest BCUT2D eigenvalue weighted by atomic mass is 16.1. The Morgan fingerprint density at radius 1 is 0.929 bits per heavy atom. The number of aliphatic imine (C=N–C) groups is 1. The molecule has 0 amide bonds. The van der Waals surface area contributed by atoms with Gasteiger partial charge in [0.25, 0.3) is 5.56 Å². The minimum atomic E-state index is -0.312. The van der Waals surface area contributed by atoms with Crippen LogP contribution in [-0.2, 0) is 0 Å². The van der Waals surface area contributed by atoms with Crippen molar-refractivity contribution in [2.24, 2.45) is 4.99 Å². The van der Waals surface area contributed by atoms with Crippen LogP contribution in [0, 0.1) is 0 Å². The van der Waals surface area contributed by atoms with Crippen LogP contribution < -0.4 is 5.56 Å². The molecule has 1 N–H and O–H groups in total. The minimum absolute atomic E-state index is 0.250. The summed E-state index contributed by atoms with van der Waals surface area (Å²) >= 11 is 0. The first-order valence-corrected chi connectivity index (χ1v) is 8.88. The van der Waals surface area contributed by atoms with Crippen molar-refractivity contribution in [3.05, 3.63) is 77.1 Å². The number of rotatable bonds is 4. The molecule has 0 radical (unpaired) electrons. The van der Waals surface area contributed by atoms with Crippen LogP contribution in [0.5, 0.6) is 0 Å². The van der Waals surface area contributed by atoms with Crippen LogP contribution in [0.2, 0.25) is 0 Å². The Kier molecular flexibility index (Phi) is 4.68. The third-order valence-electron chi connectivity index (χ3n) is 4.21. The first-order valence-electron chi connectivity index (χ1n) is 8.88. The van der Waals surface area contributed by atoms with Crippen LogP contribution in [0.15, 0.2) is 76.5 Å². The maximum atomic E-state index is 12.6. The fourth-order valence-corrected chi connectivity index (χ4v) is 2.94. The maximum Gasteiger partial charge on any atom is 0.278 e. The van der Waals surface area contributed by atoms with E-state index in [1.807, 2.05) is 80.8 Å². The van der Waals surface area contributed by atoms with E-state index in [9.17, 15) is 4.79 Å². The van der Waals surface area contributed by atoms with Gasteiger partial charge in [0, 0.05) is 25.2 Å². The van der Waals surface area contributed by atoms with Crippen LogP contribution in [-0.4, -0.2) is 40.3 Å². The quantitative estimate of drug-likeness (QED) is 0.438. The smallest absolute Gasteiger partial charge is 0.278 e. The molecule has 138 valence electrons. The van der Waals surface area contributed by atoms with Crippen molar-refractivity contribution in [3.8, 4) is 22.4 Å². The Morgan fingerprint density at radius 2 is 1.57 bits per heavy atom. The summed E-state index contributed by atoms with van der Waals surface area (Å²) in [4.78, 5) is 30.5. The molecule has 0 bridgehead atoms. The van der Waals surface area contributed by atoms with Gasteiger partial charge in [0.2, 0.25) is 5.95 Å². The fraction of sp³-hybridized carbons (Fsp3) is 0.0909. The van der Waals surface area contributed by atoms with Gasteiger partial charge in [0.15, 0.2) is 5.52 Å². The van der Waals surface area contributed by atoms with E-state index in [2.05, 4.69) is 19.9 Å². The molecule has 2 heterocycles. The number of aromatic nitrogens is 3. The number of nitrogens with zero attached hydrogens (tertiary/aromatic N) is 4. The lowest BCUT2D eigenvalue weighted by Gasteiger charge is -2.11. The highest BCUT2D eigenvalue weighted by Crippen LogP contribution is 2.32. The van der Waals surface area contributed by atoms with E-state index in [1.165, 1.54) is 0 Å². The van der Waals surface area contributed by atoms with Gasteiger partial charge in [-0.2, -0.15) is 0 Å². The second-order valence-electron chi connectivity index (χ2n) is 6.58. The van der Waals surface area contributed by atoms with E-state index >= 15 is 0 Å². The number of nitrogens with one attached hydrogen (secondary N) is 1. The average molecular weight is 369 g/mol. The summed E-state index contributed by atoms with van der Waals surface area (Å²) < 4.78 is 0. The van der Waals surface area contributed by atoms with Crippen molar-refractivity contribution < 1.29 is 0 Å². The van der Waals surface area contributed by atoms with Gasteiger partial charge >= 0.3 is 0 Å². The summed E-state index contributed by atoms with van der Waals surface area (Å²) in [5, 5.41) is 0. The number of benzene rings is 2. The second-order valence-corrected chi connectivity index (χ2v) is 6.58. The van der Waals surface area contributed by atoms with Crippen molar-refractivity contribution in [1.82, 2.24) is 19.9 Å². The van der Waals surface area contributed by atoms with Crippen molar-refractivity contribution in [2.45, 2.75) is 0 Å². The first kappa shape index (κ1) is 17.6. The maximum absolute atomic E-state index is 12.6.